The molecule has 0 unspecified atom stereocenters. The number of methoxy groups -OCH3 is 1. The van der Waals surface area contributed by atoms with Crippen LogP contribution in [-0.2, 0) is 6.18 Å². The summed E-state index contributed by atoms with van der Waals surface area (Å²) in [7, 11) is 1.25. The Bertz CT molecular complexity index is 983. The van der Waals surface area contributed by atoms with Crippen molar-refractivity contribution in [2.75, 3.05) is 7.11 Å². The average Bonchev–Trinajstić information content (AvgIpc) is 2.53. The second-order valence-electron chi connectivity index (χ2n) is 4.93. The fraction of sp³-hybridized carbons (Fsp3) is 0.125. The molecule has 0 aliphatic rings. The number of benzene rings is 2. The maximum Gasteiger partial charge on any atom is 0.417 e. The first kappa shape index (κ1) is 16.5. The van der Waals surface area contributed by atoms with Crippen molar-refractivity contribution in [3.8, 4) is 17.1 Å². The molecular weight excluding hydrogens is 389 g/mol. The number of H-pyrrole nitrogens is 1. The molecule has 3 rings (SSSR count). The molecular formula is C16H10BrF3N2O2. The molecule has 24 heavy (non-hydrogen) atoms. The molecule has 3 aromatic rings. The third-order valence-electron chi connectivity index (χ3n) is 3.47. The van der Waals surface area contributed by atoms with Crippen LogP contribution in [0.5, 0.6) is 5.75 Å². The quantitative estimate of drug-likeness (QED) is 0.696. The van der Waals surface area contributed by atoms with E-state index in [4.69, 9.17) is 4.74 Å². The number of alkyl halides is 3. The molecule has 0 fully saturated rings. The van der Waals surface area contributed by atoms with Crippen LogP contribution in [0, 0.1) is 0 Å². The number of fused-ring (bicyclic) bond motifs is 1. The number of halogens is 4. The maximum atomic E-state index is 13.4. The Balaban J connectivity index is 2.41. The van der Waals surface area contributed by atoms with Gasteiger partial charge in [0.1, 0.15) is 11.6 Å². The normalized spacial score (nSPS) is 11.7. The number of aromatic nitrogens is 2. The van der Waals surface area contributed by atoms with E-state index in [-0.39, 0.29) is 17.1 Å². The number of hydrogen-bond donors (Lipinski definition) is 1. The van der Waals surface area contributed by atoms with Crippen LogP contribution in [0.2, 0.25) is 0 Å². The number of para-hydroxylation sites is 1. The summed E-state index contributed by atoms with van der Waals surface area (Å²) in [6.07, 6.45) is -4.63. The number of aromatic amines is 1. The summed E-state index contributed by atoms with van der Waals surface area (Å²) in [4.78, 5) is 18.8. The topological polar surface area (TPSA) is 55.0 Å². The van der Waals surface area contributed by atoms with Crippen molar-refractivity contribution >= 4 is 26.8 Å². The molecule has 0 radical (unpaired) electrons. The second-order valence-corrected chi connectivity index (χ2v) is 5.79. The summed E-state index contributed by atoms with van der Waals surface area (Å²) in [5, 5.41) is 0.295. The Morgan fingerprint density at radius 1 is 1.17 bits per heavy atom. The van der Waals surface area contributed by atoms with Crippen molar-refractivity contribution in [3.05, 3.63) is 56.8 Å². The molecule has 0 bridgehead atoms. The van der Waals surface area contributed by atoms with Crippen molar-refractivity contribution in [3.63, 3.8) is 0 Å². The summed E-state index contributed by atoms with van der Waals surface area (Å²) in [6.45, 7) is 0. The van der Waals surface area contributed by atoms with Crippen LogP contribution in [0.15, 0.2) is 45.7 Å². The molecule has 1 aromatic heterocycles. The largest absolute Gasteiger partial charge is 0.495 e. The van der Waals surface area contributed by atoms with E-state index in [1.54, 1.807) is 24.3 Å². The summed E-state index contributed by atoms with van der Waals surface area (Å²) in [6, 6.07) is 8.57. The van der Waals surface area contributed by atoms with E-state index >= 15 is 0 Å². The molecule has 0 spiro atoms. The maximum absolute atomic E-state index is 13.4. The van der Waals surface area contributed by atoms with E-state index in [0.717, 1.165) is 6.07 Å². The van der Waals surface area contributed by atoms with Gasteiger partial charge in [-0.05, 0) is 40.2 Å². The fourth-order valence-electron chi connectivity index (χ4n) is 2.43. The Morgan fingerprint density at radius 2 is 1.88 bits per heavy atom. The standard InChI is InChI=1S/C16H10BrF3N2O2/c1-24-13-10(17)7-6-9(16(18,19)20)12(13)14-21-11-5-3-2-4-8(11)15(23)22-14/h2-7H,1H3,(H,21,22,23). The van der Waals surface area contributed by atoms with E-state index in [2.05, 4.69) is 25.9 Å². The lowest BCUT2D eigenvalue weighted by Crippen LogP contribution is -2.14. The van der Waals surface area contributed by atoms with Crippen molar-refractivity contribution in [1.29, 1.82) is 0 Å². The van der Waals surface area contributed by atoms with E-state index in [1.165, 1.54) is 13.2 Å². The van der Waals surface area contributed by atoms with Gasteiger partial charge < -0.3 is 9.72 Å². The number of rotatable bonds is 2. The van der Waals surface area contributed by atoms with Gasteiger partial charge in [0.2, 0.25) is 0 Å². The molecule has 124 valence electrons. The lowest BCUT2D eigenvalue weighted by Gasteiger charge is -2.17. The molecule has 2 aromatic carbocycles. The molecule has 0 atom stereocenters. The van der Waals surface area contributed by atoms with Crippen LogP contribution in [0.25, 0.3) is 22.3 Å². The smallest absolute Gasteiger partial charge is 0.417 e. The second kappa shape index (κ2) is 5.94. The van der Waals surface area contributed by atoms with Gasteiger partial charge in [0, 0.05) is 0 Å². The van der Waals surface area contributed by atoms with Gasteiger partial charge in [-0.2, -0.15) is 13.2 Å². The summed E-state index contributed by atoms with van der Waals surface area (Å²) in [5.41, 5.74) is -1.49. The van der Waals surface area contributed by atoms with Crippen molar-refractivity contribution in [2.24, 2.45) is 0 Å². The molecule has 4 nitrogen and oxygen atoms in total. The van der Waals surface area contributed by atoms with Gasteiger partial charge in [-0.15, -0.1) is 0 Å². The number of nitrogens with one attached hydrogen (secondary N) is 1. The third kappa shape index (κ3) is 2.77. The summed E-state index contributed by atoms with van der Waals surface area (Å²) < 4.78 is 45.6. The Morgan fingerprint density at radius 3 is 2.54 bits per heavy atom. The number of nitrogens with zero attached hydrogens (tertiary/aromatic N) is 1. The van der Waals surface area contributed by atoms with Gasteiger partial charge >= 0.3 is 6.18 Å². The predicted octanol–water partition coefficient (Wildman–Crippen LogP) is 4.38. The highest BCUT2D eigenvalue weighted by Crippen LogP contribution is 2.44. The van der Waals surface area contributed by atoms with Crippen LogP contribution in [0.1, 0.15) is 5.56 Å². The Labute approximate surface area is 142 Å². The van der Waals surface area contributed by atoms with Gasteiger partial charge in [0.15, 0.2) is 0 Å². The number of ether oxygens (including phenoxy) is 1. The van der Waals surface area contributed by atoms with Gasteiger partial charge in [-0.1, -0.05) is 12.1 Å². The molecule has 0 aliphatic heterocycles. The zero-order valence-electron chi connectivity index (χ0n) is 12.2. The first-order valence-corrected chi connectivity index (χ1v) is 7.55. The van der Waals surface area contributed by atoms with Crippen LogP contribution >= 0.6 is 15.9 Å². The summed E-state index contributed by atoms with van der Waals surface area (Å²) >= 11 is 3.16. The zero-order chi connectivity index (χ0) is 17.5. The molecule has 1 N–H and O–H groups in total. The Hall–Kier alpha value is -2.35. The van der Waals surface area contributed by atoms with Crippen molar-refractivity contribution < 1.29 is 17.9 Å². The highest BCUT2D eigenvalue weighted by Gasteiger charge is 2.36. The monoisotopic (exact) mass is 398 g/mol. The first-order chi connectivity index (χ1) is 11.3. The molecule has 0 saturated heterocycles. The molecule has 8 heteroatoms. The van der Waals surface area contributed by atoms with E-state index < -0.39 is 17.3 Å². The predicted molar refractivity (Wildman–Crippen MR) is 87.1 cm³/mol. The zero-order valence-corrected chi connectivity index (χ0v) is 13.8. The lowest BCUT2D eigenvalue weighted by molar-refractivity contribution is -0.137. The van der Waals surface area contributed by atoms with E-state index in [1.807, 2.05) is 0 Å². The SMILES string of the molecule is COc1c(Br)ccc(C(F)(F)F)c1-c1nc2ccccc2c(=O)[nH]1. The molecule has 0 amide bonds. The van der Waals surface area contributed by atoms with E-state index in [0.29, 0.717) is 15.4 Å². The molecule has 1 heterocycles. The highest BCUT2D eigenvalue weighted by atomic mass is 79.9. The van der Waals surface area contributed by atoms with Gasteiger partial charge in [-0.3, -0.25) is 4.79 Å². The van der Waals surface area contributed by atoms with Crippen LogP contribution in [0.3, 0.4) is 0 Å². The van der Waals surface area contributed by atoms with Crippen molar-refractivity contribution in [2.45, 2.75) is 6.18 Å². The minimum absolute atomic E-state index is 0.0525. The summed E-state index contributed by atoms with van der Waals surface area (Å²) in [5.74, 6) is -0.257. The molecule has 0 aliphatic carbocycles. The van der Waals surface area contributed by atoms with Crippen LogP contribution in [-0.4, -0.2) is 17.1 Å². The first-order valence-electron chi connectivity index (χ1n) is 6.76. The molecule has 0 saturated carbocycles. The van der Waals surface area contributed by atoms with Crippen molar-refractivity contribution in [1.82, 2.24) is 9.97 Å². The highest BCUT2D eigenvalue weighted by molar-refractivity contribution is 9.10. The van der Waals surface area contributed by atoms with Gasteiger partial charge in [-0.25, -0.2) is 4.98 Å². The third-order valence-corrected chi connectivity index (χ3v) is 4.09. The average molecular weight is 399 g/mol. The van der Waals surface area contributed by atoms with Gasteiger partial charge in [0.05, 0.1) is 33.6 Å². The van der Waals surface area contributed by atoms with Crippen LogP contribution in [0.4, 0.5) is 13.2 Å². The van der Waals surface area contributed by atoms with Gasteiger partial charge in [0.25, 0.3) is 5.56 Å². The fourth-order valence-corrected chi connectivity index (χ4v) is 2.93. The number of hydrogen-bond acceptors (Lipinski definition) is 3. The van der Waals surface area contributed by atoms with E-state index in [9.17, 15) is 18.0 Å². The minimum atomic E-state index is -4.63. The van der Waals surface area contributed by atoms with Crippen LogP contribution < -0.4 is 10.3 Å². The Kier molecular flexibility index (Phi) is 4.08. The minimum Gasteiger partial charge on any atom is -0.495 e. The lowest BCUT2D eigenvalue weighted by atomic mass is 10.0.